The van der Waals surface area contributed by atoms with E-state index in [-0.39, 0.29) is 35.2 Å². The predicted octanol–water partition coefficient (Wildman–Crippen LogP) is 3.45. The molecule has 0 aromatic rings. The molecule has 5 heteroatoms. The maximum absolute atomic E-state index is 12.8. The number of carbonyl (C=O) groups is 3. The van der Waals surface area contributed by atoms with Crippen LogP contribution >= 0.6 is 0 Å². The number of allylic oxidation sites excluding steroid dienone is 1. The quantitative estimate of drug-likeness (QED) is 0.568. The fourth-order valence-electron chi connectivity index (χ4n) is 3.92. The molecule has 1 rings (SSSR count). The molecular weight excluding hydrogens is 330 g/mol. The Bertz CT molecular complexity index is 579. The standard InChI is InChI=1S/C21H35NO4/c1-8-17-13(3)11-15(5)18(23)14(4)9-12(2)10-16(6)19(24)21(7,22)20(25)26-17/h11-14,16-17H,8-10,22H2,1-7H3/b15-11+/t12-,13+,14+,16+,17+,21-/m0/s1. The van der Waals surface area contributed by atoms with Crippen molar-refractivity contribution in [1.82, 2.24) is 0 Å². The van der Waals surface area contributed by atoms with Crippen LogP contribution in [0.2, 0.25) is 0 Å². The Morgan fingerprint density at radius 3 is 2.19 bits per heavy atom. The summed E-state index contributed by atoms with van der Waals surface area (Å²) in [4.78, 5) is 38.0. The van der Waals surface area contributed by atoms with Crippen LogP contribution in [0, 0.1) is 23.7 Å². The molecule has 5 nitrogen and oxygen atoms in total. The number of Topliss-reactive ketones (excluding diaryl/α,β-unsaturated/α-hetero) is 2. The summed E-state index contributed by atoms with van der Waals surface area (Å²) in [5.74, 6) is -1.31. The van der Waals surface area contributed by atoms with E-state index in [1.165, 1.54) is 6.92 Å². The van der Waals surface area contributed by atoms with Gasteiger partial charge in [0.15, 0.2) is 17.1 Å². The largest absolute Gasteiger partial charge is 0.460 e. The zero-order valence-corrected chi connectivity index (χ0v) is 17.3. The number of ether oxygens (including phenoxy) is 1. The smallest absolute Gasteiger partial charge is 0.333 e. The fraction of sp³-hybridized carbons (Fsp3) is 0.762. The van der Waals surface area contributed by atoms with E-state index < -0.39 is 17.6 Å². The van der Waals surface area contributed by atoms with Crippen molar-refractivity contribution >= 4 is 17.5 Å². The first-order valence-electron chi connectivity index (χ1n) is 9.68. The molecule has 1 aliphatic rings. The van der Waals surface area contributed by atoms with Gasteiger partial charge in [0.25, 0.3) is 0 Å². The number of rotatable bonds is 1. The zero-order valence-electron chi connectivity index (χ0n) is 17.3. The number of carbonyl (C=O) groups excluding carboxylic acids is 3. The van der Waals surface area contributed by atoms with Gasteiger partial charge in [-0.05, 0) is 44.6 Å². The van der Waals surface area contributed by atoms with Crippen molar-refractivity contribution in [2.45, 2.75) is 79.4 Å². The Morgan fingerprint density at radius 2 is 1.65 bits per heavy atom. The highest BCUT2D eigenvalue weighted by Crippen LogP contribution is 2.27. The summed E-state index contributed by atoms with van der Waals surface area (Å²) in [6, 6.07) is 0. The SMILES string of the molecule is CC[C@H]1OC(=O)[C@@](C)(N)C(=O)[C@H](C)C[C@@H](C)C[C@@H](C)C(=O)/C(C)=C/[C@H]1C. The van der Waals surface area contributed by atoms with Crippen LogP contribution in [-0.2, 0) is 19.1 Å². The molecule has 148 valence electrons. The predicted molar refractivity (Wildman–Crippen MR) is 102 cm³/mol. The van der Waals surface area contributed by atoms with Crippen LogP contribution in [-0.4, -0.2) is 29.2 Å². The first-order valence-corrected chi connectivity index (χ1v) is 9.68. The lowest BCUT2D eigenvalue weighted by molar-refractivity contribution is -0.160. The van der Waals surface area contributed by atoms with Gasteiger partial charge in [0.1, 0.15) is 6.10 Å². The third-order valence-corrected chi connectivity index (χ3v) is 5.49. The number of hydrogen-bond acceptors (Lipinski definition) is 5. The molecule has 0 saturated heterocycles. The summed E-state index contributed by atoms with van der Waals surface area (Å²) in [5, 5.41) is 0. The second kappa shape index (κ2) is 8.94. The summed E-state index contributed by atoms with van der Waals surface area (Å²) >= 11 is 0. The Labute approximate surface area is 157 Å². The van der Waals surface area contributed by atoms with Gasteiger partial charge in [-0.3, -0.25) is 9.59 Å². The number of esters is 1. The molecule has 0 aliphatic carbocycles. The minimum Gasteiger partial charge on any atom is -0.460 e. The monoisotopic (exact) mass is 365 g/mol. The minimum absolute atomic E-state index is 0.106. The molecule has 0 aromatic carbocycles. The van der Waals surface area contributed by atoms with Crippen molar-refractivity contribution in [3.63, 3.8) is 0 Å². The first-order chi connectivity index (χ1) is 11.9. The van der Waals surface area contributed by atoms with Crippen LogP contribution < -0.4 is 5.73 Å². The molecule has 1 aliphatic heterocycles. The Morgan fingerprint density at radius 1 is 1.12 bits per heavy atom. The fourth-order valence-corrected chi connectivity index (χ4v) is 3.92. The minimum atomic E-state index is -1.66. The van der Waals surface area contributed by atoms with Crippen LogP contribution in [0.1, 0.15) is 67.7 Å². The number of cyclic esters (lactones) is 1. The average Bonchev–Trinajstić information content (AvgIpc) is 2.56. The summed E-state index contributed by atoms with van der Waals surface area (Å²) in [5.41, 5.74) is 5.14. The molecule has 0 amide bonds. The van der Waals surface area contributed by atoms with E-state index in [0.29, 0.717) is 24.8 Å². The summed E-state index contributed by atoms with van der Waals surface area (Å²) in [6.45, 7) is 12.8. The van der Waals surface area contributed by atoms with Crippen LogP contribution in [0.3, 0.4) is 0 Å². The molecule has 26 heavy (non-hydrogen) atoms. The van der Waals surface area contributed by atoms with Gasteiger partial charge in [-0.2, -0.15) is 0 Å². The lowest BCUT2D eigenvalue weighted by Gasteiger charge is -2.30. The van der Waals surface area contributed by atoms with E-state index in [1.807, 2.05) is 40.7 Å². The van der Waals surface area contributed by atoms with Crippen molar-refractivity contribution in [2.24, 2.45) is 29.4 Å². The average molecular weight is 366 g/mol. The molecule has 1 heterocycles. The number of ketones is 2. The van der Waals surface area contributed by atoms with Crippen molar-refractivity contribution in [2.75, 3.05) is 0 Å². The van der Waals surface area contributed by atoms with Gasteiger partial charge in [0.2, 0.25) is 0 Å². The Balaban J connectivity index is 3.27. The van der Waals surface area contributed by atoms with E-state index in [9.17, 15) is 14.4 Å². The van der Waals surface area contributed by atoms with Gasteiger partial charge < -0.3 is 10.5 Å². The van der Waals surface area contributed by atoms with E-state index in [0.717, 1.165) is 0 Å². The molecule has 0 spiro atoms. The van der Waals surface area contributed by atoms with Gasteiger partial charge >= 0.3 is 5.97 Å². The van der Waals surface area contributed by atoms with E-state index in [1.54, 1.807) is 6.92 Å². The number of nitrogens with two attached hydrogens (primary N) is 1. The van der Waals surface area contributed by atoms with Gasteiger partial charge in [-0.15, -0.1) is 0 Å². The third kappa shape index (κ3) is 5.26. The lowest BCUT2D eigenvalue weighted by Crippen LogP contribution is -2.56. The zero-order chi connectivity index (χ0) is 20.2. The van der Waals surface area contributed by atoms with Crippen molar-refractivity contribution < 1.29 is 19.1 Å². The third-order valence-electron chi connectivity index (χ3n) is 5.49. The molecule has 0 bridgehead atoms. The lowest BCUT2D eigenvalue weighted by atomic mass is 9.80. The van der Waals surface area contributed by atoms with Crippen molar-refractivity contribution in [3.8, 4) is 0 Å². The molecular formula is C21H35NO4. The molecule has 0 radical (unpaired) electrons. The molecule has 0 fully saturated rings. The summed E-state index contributed by atoms with van der Waals surface area (Å²) in [6.07, 6.45) is 3.33. The maximum Gasteiger partial charge on any atom is 0.333 e. The topological polar surface area (TPSA) is 86.5 Å². The second-order valence-electron chi connectivity index (χ2n) is 8.37. The highest BCUT2D eigenvalue weighted by atomic mass is 16.5. The first kappa shape index (κ1) is 22.6. The Kier molecular flexibility index (Phi) is 7.75. The van der Waals surface area contributed by atoms with Gasteiger partial charge in [-0.25, -0.2) is 4.79 Å². The summed E-state index contributed by atoms with van der Waals surface area (Å²) < 4.78 is 5.59. The van der Waals surface area contributed by atoms with Gasteiger partial charge in [0.05, 0.1) is 0 Å². The van der Waals surface area contributed by atoms with Crippen molar-refractivity contribution in [1.29, 1.82) is 0 Å². The van der Waals surface area contributed by atoms with E-state index in [4.69, 9.17) is 10.5 Å². The van der Waals surface area contributed by atoms with Crippen LogP contribution in [0.4, 0.5) is 0 Å². The summed E-state index contributed by atoms with van der Waals surface area (Å²) in [7, 11) is 0. The van der Waals surface area contributed by atoms with Gasteiger partial charge in [0, 0.05) is 17.8 Å². The highest BCUT2D eigenvalue weighted by Gasteiger charge is 2.42. The second-order valence-corrected chi connectivity index (χ2v) is 8.37. The normalized spacial score (nSPS) is 40.4. The number of hydrogen-bond donors (Lipinski definition) is 1. The molecule has 0 unspecified atom stereocenters. The molecule has 6 atom stereocenters. The highest BCUT2D eigenvalue weighted by molar-refractivity contribution is 6.08. The van der Waals surface area contributed by atoms with Crippen LogP contribution in [0.15, 0.2) is 11.6 Å². The van der Waals surface area contributed by atoms with Gasteiger partial charge in [-0.1, -0.05) is 40.7 Å². The van der Waals surface area contributed by atoms with E-state index in [2.05, 4.69) is 0 Å². The molecule has 0 aromatic heterocycles. The Hall–Kier alpha value is -1.49. The van der Waals surface area contributed by atoms with E-state index >= 15 is 0 Å². The van der Waals surface area contributed by atoms with Crippen LogP contribution in [0.5, 0.6) is 0 Å². The molecule has 0 saturated carbocycles. The van der Waals surface area contributed by atoms with Crippen molar-refractivity contribution in [3.05, 3.63) is 11.6 Å². The maximum atomic E-state index is 12.8. The van der Waals surface area contributed by atoms with Crippen LogP contribution in [0.25, 0.3) is 0 Å². The molecule has 2 N–H and O–H groups in total.